The molecule has 0 amide bonds. The van der Waals surface area contributed by atoms with Crippen LogP contribution in [0.3, 0.4) is 0 Å². The number of methoxy groups -OCH3 is 3. The number of aromatic nitrogens is 2. The lowest BCUT2D eigenvalue weighted by Crippen LogP contribution is -2.11. The van der Waals surface area contributed by atoms with Crippen molar-refractivity contribution in [2.75, 3.05) is 33.3 Å². The largest absolute Gasteiger partial charge is 0.508 e. The molecule has 1 aromatic heterocycles. The fourth-order valence-corrected chi connectivity index (χ4v) is 5.41. The van der Waals surface area contributed by atoms with Gasteiger partial charge in [-0.05, 0) is 65.7 Å². The Morgan fingerprint density at radius 1 is 0.744 bits per heavy atom. The summed E-state index contributed by atoms with van der Waals surface area (Å²) in [5.74, 6) is -0.233. The number of hydrogen-bond donors (Lipinski definition) is 2. The molecule has 0 unspecified atom stereocenters. The summed E-state index contributed by atoms with van der Waals surface area (Å²) in [4.78, 5) is 9.80. The van der Waals surface area contributed by atoms with Crippen LogP contribution >= 0.6 is 11.8 Å². The highest BCUT2D eigenvalue weighted by Crippen LogP contribution is 2.40. The zero-order chi connectivity index (χ0) is 30.7. The van der Waals surface area contributed by atoms with Crippen LogP contribution in [0, 0.1) is 17.5 Å². The first-order valence-corrected chi connectivity index (χ1v) is 14.0. The molecule has 0 aliphatic carbocycles. The zero-order valence-electron chi connectivity index (χ0n) is 23.7. The van der Waals surface area contributed by atoms with E-state index in [1.807, 2.05) is 18.0 Å². The van der Waals surface area contributed by atoms with Crippen molar-refractivity contribution in [3.05, 3.63) is 95.8 Å². The Balaban J connectivity index is 1.49. The molecule has 0 bridgehead atoms. The van der Waals surface area contributed by atoms with Crippen LogP contribution in [0.1, 0.15) is 5.56 Å². The first kappa shape index (κ1) is 29.7. The number of imidazole rings is 1. The molecule has 0 aliphatic rings. The summed E-state index contributed by atoms with van der Waals surface area (Å²) >= 11 is 1.12. The van der Waals surface area contributed by atoms with Gasteiger partial charge in [0.1, 0.15) is 28.9 Å². The normalized spacial score (nSPS) is 11.0. The first-order chi connectivity index (χ1) is 20.7. The predicted octanol–water partition coefficient (Wildman–Crippen LogP) is 7.95. The molecule has 0 fully saturated rings. The van der Waals surface area contributed by atoms with Crippen LogP contribution in [0.2, 0.25) is 0 Å². The smallest absolute Gasteiger partial charge is 0.167 e. The number of aromatic amines is 1. The Bertz CT molecular complexity index is 1740. The van der Waals surface area contributed by atoms with Crippen molar-refractivity contribution in [1.29, 1.82) is 0 Å². The number of benzene rings is 4. The number of hydrogen-bond acceptors (Lipinski definition) is 7. The van der Waals surface area contributed by atoms with Gasteiger partial charge in [0.05, 0.1) is 21.3 Å². The third-order valence-corrected chi connectivity index (χ3v) is 7.77. The maximum absolute atomic E-state index is 15.1. The van der Waals surface area contributed by atoms with Crippen molar-refractivity contribution in [3.8, 4) is 45.4 Å². The zero-order valence-corrected chi connectivity index (χ0v) is 24.6. The van der Waals surface area contributed by atoms with Crippen LogP contribution < -0.4 is 19.1 Å². The lowest BCUT2D eigenvalue weighted by molar-refractivity contribution is 0.355. The molecule has 43 heavy (non-hydrogen) atoms. The molecule has 2 N–H and O–H groups in total. The highest BCUT2D eigenvalue weighted by Gasteiger charge is 2.21. The number of H-pyrrole nitrogens is 1. The Kier molecular flexibility index (Phi) is 8.72. The average Bonchev–Trinajstić information content (AvgIpc) is 3.44. The summed E-state index contributed by atoms with van der Waals surface area (Å²) in [6.07, 6.45) is 0. The Hall–Kier alpha value is -4.77. The lowest BCUT2D eigenvalue weighted by atomic mass is 10.0. The molecule has 1 heterocycles. The Morgan fingerprint density at radius 2 is 1.40 bits per heavy atom. The van der Waals surface area contributed by atoms with Gasteiger partial charge in [-0.15, -0.1) is 0 Å². The summed E-state index contributed by atoms with van der Waals surface area (Å²) in [5.41, 5.74) is 2.59. The van der Waals surface area contributed by atoms with Gasteiger partial charge in [-0.25, -0.2) is 18.2 Å². The molecule has 0 aliphatic heterocycles. The Morgan fingerprint density at radius 3 is 2.05 bits per heavy atom. The van der Waals surface area contributed by atoms with Gasteiger partial charge in [0.25, 0.3) is 0 Å². The van der Waals surface area contributed by atoms with Gasteiger partial charge in [0.15, 0.2) is 28.2 Å². The second kappa shape index (κ2) is 12.6. The molecule has 222 valence electrons. The maximum atomic E-state index is 15.1. The van der Waals surface area contributed by atoms with Crippen LogP contribution in [0.5, 0.6) is 23.0 Å². The van der Waals surface area contributed by atoms with E-state index in [-0.39, 0.29) is 22.8 Å². The third kappa shape index (κ3) is 6.21. The lowest BCUT2D eigenvalue weighted by Gasteiger charge is -2.20. The number of halogens is 3. The molecule has 11 heteroatoms. The average molecular weight is 608 g/mol. The number of nitrogens with zero attached hydrogens (tertiary/aromatic N) is 2. The van der Waals surface area contributed by atoms with E-state index in [0.29, 0.717) is 44.9 Å². The molecule has 0 radical (unpaired) electrons. The van der Waals surface area contributed by atoms with Crippen LogP contribution in [-0.2, 0) is 5.75 Å². The van der Waals surface area contributed by atoms with E-state index in [1.54, 1.807) is 37.4 Å². The van der Waals surface area contributed by atoms with Gasteiger partial charge >= 0.3 is 0 Å². The standard InChI is InChI=1S/C32H28F3N3O4S/c1-38(21-8-12-27(40-2)29(16-21)42-4)31-30(19-7-11-24(33)28(15-19)41-3)36-32(37-31)43-17-23-25(34)13-20(14-26(23)35)18-5-9-22(39)10-6-18/h5-16,39H,17H2,1-4H3,(H,36,37). The van der Waals surface area contributed by atoms with Crippen molar-refractivity contribution in [2.45, 2.75) is 10.9 Å². The topological polar surface area (TPSA) is 79.8 Å². The van der Waals surface area contributed by atoms with Crippen molar-refractivity contribution < 1.29 is 32.5 Å². The number of anilines is 2. The van der Waals surface area contributed by atoms with E-state index in [4.69, 9.17) is 19.2 Å². The summed E-state index contributed by atoms with van der Waals surface area (Å²) in [6, 6.07) is 18.4. The molecule has 4 aromatic carbocycles. The highest BCUT2D eigenvalue weighted by atomic mass is 32.2. The van der Waals surface area contributed by atoms with Gasteiger partial charge in [0.2, 0.25) is 0 Å². The fourth-order valence-electron chi connectivity index (χ4n) is 4.53. The number of phenolic OH excluding ortho intramolecular Hbond substituents is 1. The molecule has 7 nitrogen and oxygen atoms in total. The van der Waals surface area contributed by atoms with Crippen molar-refractivity contribution >= 4 is 23.3 Å². The molecule has 5 aromatic rings. The van der Waals surface area contributed by atoms with Crippen LogP contribution in [0.25, 0.3) is 22.4 Å². The van der Waals surface area contributed by atoms with E-state index < -0.39 is 17.5 Å². The first-order valence-electron chi connectivity index (χ1n) is 13.0. The Labute approximate surface area is 250 Å². The van der Waals surface area contributed by atoms with Crippen molar-refractivity contribution in [3.63, 3.8) is 0 Å². The molecule has 0 saturated carbocycles. The van der Waals surface area contributed by atoms with E-state index >= 15 is 8.78 Å². The minimum atomic E-state index is -0.701. The van der Waals surface area contributed by atoms with Crippen molar-refractivity contribution in [1.82, 2.24) is 9.97 Å². The maximum Gasteiger partial charge on any atom is 0.167 e. The fraction of sp³-hybridized carbons (Fsp3) is 0.156. The summed E-state index contributed by atoms with van der Waals surface area (Å²) < 4.78 is 60.5. The number of phenols is 1. The minimum Gasteiger partial charge on any atom is -0.508 e. The number of ether oxygens (including phenoxy) is 3. The third-order valence-electron chi connectivity index (χ3n) is 6.87. The molecule has 5 rings (SSSR count). The summed E-state index contributed by atoms with van der Waals surface area (Å²) in [6.45, 7) is 0. The molecule has 0 atom stereocenters. The number of rotatable bonds is 10. The van der Waals surface area contributed by atoms with Gasteiger partial charge in [-0.1, -0.05) is 23.9 Å². The van der Waals surface area contributed by atoms with Crippen molar-refractivity contribution in [2.24, 2.45) is 0 Å². The molecular formula is C32H28F3N3O4S. The van der Waals surface area contributed by atoms with E-state index in [0.717, 1.165) is 17.4 Å². The van der Waals surface area contributed by atoms with E-state index in [9.17, 15) is 9.50 Å². The van der Waals surface area contributed by atoms with Crippen LogP contribution in [-0.4, -0.2) is 43.5 Å². The number of nitrogens with one attached hydrogen (secondary N) is 1. The van der Waals surface area contributed by atoms with Gasteiger partial charge < -0.3 is 29.2 Å². The monoisotopic (exact) mass is 607 g/mol. The highest BCUT2D eigenvalue weighted by molar-refractivity contribution is 7.98. The molecule has 0 spiro atoms. The SMILES string of the molecule is COc1cc(-c2nc(SCc3c(F)cc(-c4ccc(O)cc4)cc3F)[nH]c2N(C)c2ccc(OC)c(OC)c2)ccc1F. The molecular weight excluding hydrogens is 579 g/mol. The van der Waals surface area contributed by atoms with E-state index in [1.165, 1.54) is 50.6 Å². The number of aromatic hydroxyl groups is 1. The summed E-state index contributed by atoms with van der Waals surface area (Å²) in [5, 5.41) is 9.91. The minimum absolute atomic E-state index is 0.0484. The second-order valence-electron chi connectivity index (χ2n) is 9.44. The van der Waals surface area contributed by atoms with Gasteiger partial charge in [0, 0.05) is 35.7 Å². The van der Waals surface area contributed by atoms with Gasteiger partial charge in [-0.3, -0.25) is 0 Å². The molecule has 0 saturated heterocycles. The number of thioether (sulfide) groups is 1. The summed E-state index contributed by atoms with van der Waals surface area (Å²) in [7, 11) is 6.28. The van der Waals surface area contributed by atoms with Crippen LogP contribution in [0.15, 0.2) is 78.0 Å². The van der Waals surface area contributed by atoms with Crippen LogP contribution in [0.4, 0.5) is 24.7 Å². The van der Waals surface area contributed by atoms with Gasteiger partial charge in [-0.2, -0.15) is 0 Å². The second-order valence-corrected chi connectivity index (χ2v) is 10.4. The van der Waals surface area contributed by atoms with E-state index in [2.05, 4.69) is 4.98 Å². The predicted molar refractivity (Wildman–Crippen MR) is 161 cm³/mol. The quantitative estimate of drug-likeness (QED) is 0.156.